The number of nitrogens with zero attached hydrogens (tertiary/aromatic N) is 2. The summed E-state index contributed by atoms with van der Waals surface area (Å²) < 4.78 is 1.41. The zero-order chi connectivity index (χ0) is 16.5. The maximum absolute atomic E-state index is 11.8. The number of hydrogen-bond acceptors (Lipinski definition) is 7. The molecule has 0 saturated heterocycles. The van der Waals surface area contributed by atoms with Crippen LogP contribution in [0.1, 0.15) is 32.1 Å². The molecule has 126 valence electrons. The average molecular weight is 373 g/mol. The quantitative estimate of drug-likeness (QED) is 0.509. The van der Waals surface area contributed by atoms with Gasteiger partial charge in [0.05, 0.1) is 11.5 Å². The lowest BCUT2D eigenvalue weighted by Gasteiger charge is -2.12. The lowest BCUT2D eigenvalue weighted by atomic mass is 9.97. The van der Waals surface area contributed by atoms with Crippen molar-refractivity contribution in [1.82, 2.24) is 15.5 Å². The molecule has 0 fully saturated rings. The van der Waals surface area contributed by atoms with Crippen LogP contribution >= 0.6 is 34.9 Å². The van der Waals surface area contributed by atoms with Crippen molar-refractivity contribution in [2.45, 2.75) is 40.8 Å². The highest BCUT2D eigenvalue weighted by Crippen LogP contribution is 2.28. The first-order chi connectivity index (χ1) is 11.1. The number of thioether (sulfide) groups is 2. The molecule has 0 unspecified atom stereocenters. The fourth-order valence-corrected chi connectivity index (χ4v) is 4.71. The number of carbonyl (C=O) groups excluding carboxylic acids is 2. The van der Waals surface area contributed by atoms with Gasteiger partial charge in [0, 0.05) is 6.54 Å². The molecule has 0 atom stereocenters. The Labute approximate surface area is 148 Å². The number of nitrogens with two attached hydrogens (primary N) is 1. The highest BCUT2D eigenvalue weighted by molar-refractivity contribution is 8.03. The second-order valence-electron chi connectivity index (χ2n) is 5.09. The van der Waals surface area contributed by atoms with Crippen molar-refractivity contribution in [3.05, 3.63) is 11.6 Å². The highest BCUT2D eigenvalue weighted by atomic mass is 32.2. The molecule has 6 nitrogen and oxygen atoms in total. The molecule has 23 heavy (non-hydrogen) atoms. The van der Waals surface area contributed by atoms with Gasteiger partial charge in [0.2, 0.25) is 11.8 Å². The van der Waals surface area contributed by atoms with Gasteiger partial charge >= 0.3 is 0 Å². The van der Waals surface area contributed by atoms with E-state index in [0.29, 0.717) is 16.6 Å². The summed E-state index contributed by atoms with van der Waals surface area (Å²) in [6, 6.07) is 0. The fourth-order valence-electron chi connectivity index (χ4n) is 2.12. The van der Waals surface area contributed by atoms with Crippen molar-refractivity contribution < 1.29 is 9.59 Å². The van der Waals surface area contributed by atoms with Crippen LogP contribution in [0.15, 0.2) is 20.3 Å². The number of aromatic nitrogens is 2. The smallest absolute Gasteiger partial charge is 0.230 e. The Hall–Kier alpha value is -1.06. The second kappa shape index (κ2) is 9.94. The molecule has 1 aliphatic rings. The van der Waals surface area contributed by atoms with Crippen LogP contribution in [0, 0.1) is 0 Å². The highest BCUT2D eigenvalue weighted by Gasteiger charge is 2.10. The first-order valence-electron chi connectivity index (χ1n) is 7.45. The predicted molar refractivity (Wildman–Crippen MR) is 94.7 cm³/mol. The second-order valence-corrected chi connectivity index (χ2v) is 8.51. The van der Waals surface area contributed by atoms with E-state index in [4.69, 9.17) is 5.73 Å². The summed E-state index contributed by atoms with van der Waals surface area (Å²) in [6.07, 6.45) is 8.14. The minimum atomic E-state index is -0.383. The van der Waals surface area contributed by atoms with Crippen molar-refractivity contribution in [2.75, 3.05) is 18.1 Å². The minimum Gasteiger partial charge on any atom is -0.369 e. The summed E-state index contributed by atoms with van der Waals surface area (Å²) in [5.41, 5.74) is 6.54. The number of nitrogens with one attached hydrogen (secondary N) is 1. The van der Waals surface area contributed by atoms with Gasteiger partial charge in [-0.15, -0.1) is 10.2 Å². The van der Waals surface area contributed by atoms with Crippen LogP contribution in [0.3, 0.4) is 0 Å². The van der Waals surface area contributed by atoms with Crippen molar-refractivity contribution >= 4 is 46.7 Å². The van der Waals surface area contributed by atoms with Crippen LogP contribution < -0.4 is 11.1 Å². The van der Waals surface area contributed by atoms with Crippen molar-refractivity contribution in [1.29, 1.82) is 0 Å². The number of hydrogen-bond donors (Lipinski definition) is 2. The van der Waals surface area contributed by atoms with E-state index in [-0.39, 0.29) is 17.6 Å². The molecule has 9 heteroatoms. The monoisotopic (exact) mass is 372 g/mol. The van der Waals surface area contributed by atoms with Gasteiger partial charge in [0.25, 0.3) is 0 Å². The van der Waals surface area contributed by atoms with Crippen LogP contribution in [-0.4, -0.2) is 40.1 Å². The van der Waals surface area contributed by atoms with Gasteiger partial charge in [-0.05, 0) is 32.1 Å². The third-order valence-corrected chi connectivity index (χ3v) is 6.42. The van der Waals surface area contributed by atoms with Gasteiger partial charge in [-0.3, -0.25) is 9.59 Å². The normalized spacial score (nSPS) is 14.3. The fraction of sp³-hybridized carbons (Fsp3) is 0.571. The van der Waals surface area contributed by atoms with Gasteiger partial charge in [0.15, 0.2) is 8.68 Å². The zero-order valence-corrected chi connectivity index (χ0v) is 15.2. The maximum atomic E-state index is 11.8. The van der Waals surface area contributed by atoms with Gasteiger partial charge in [-0.1, -0.05) is 46.5 Å². The van der Waals surface area contributed by atoms with Gasteiger partial charge in [-0.2, -0.15) is 0 Å². The van der Waals surface area contributed by atoms with Crippen LogP contribution in [0.2, 0.25) is 0 Å². The lowest BCUT2D eigenvalue weighted by molar-refractivity contribution is -0.118. The van der Waals surface area contributed by atoms with Crippen molar-refractivity contribution in [2.24, 2.45) is 5.73 Å². The molecule has 0 aliphatic heterocycles. The summed E-state index contributed by atoms with van der Waals surface area (Å²) in [5, 5.41) is 10.9. The Balaban J connectivity index is 1.62. The largest absolute Gasteiger partial charge is 0.369 e. The molecule has 1 aromatic rings. The lowest BCUT2D eigenvalue weighted by Crippen LogP contribution is -2.26. The molecule has 0 aromatic carbocycles. The molecule has 0 bridgehead atoms. The standard InChI is InChI=1S/C14H20N4O2S3/c15-11(19)8-21-13-17-18-14(23-13)22-9-12(20)16-7-6-10-4-2-1-3-5-10/h4H,1-3,5-9H2,(H2,15,19)(H,16,20). The molecule has 1 aromatic heterocycles. The summed E-state index contributed by atoms with van der Waals surface area (Å²) in [6.45, 7) is 0.695. The molecular weight excluding hydrogens is 352 g/mol. The molecule has 3 N–H and O–H groups in total. The number of amides is 2. The van der Waals surface area contributed by atoms with Gasteiger partial charge < -0.3 is 11.1 Å². The van der Waals surface area contributed by atoms with Crippen molar-refractivity contribution in [3.63, 3.8) is 0 Å². The predicted octanol–water partition coefficient (Wildman–Crippen LogP) is 2.21. The maximum Gasteiger partial charge on any atom is 0.230 e. The summed E-state index contributed by atoms with van der Waals surface area (Å²) in [7, 11) is 0. The van der Waals surface area contributed by atoms with E-state index in [1.807, 2.05) is 0 Å². The molecule has 0 spiro atoms. The molecule has 0 saturated carbocycles. The Morgan fingerprint density at radius 1 is 1.22 bits per heavy atom. The van der Waals surface area contributed by atoms with E-state index in [1.165, 1.54) is 66.1 Å². The average Bonchev–Trinajstić information content (AvgIpc) is 3.00. The van der Waals surface area contributed by atoms with Gasteiger partial charge in [0.1, 0.15) is 0 Å². The third kappa shape index (κ3) is 7.36. The molecule has 2 amide bonds. The van der Waals surface area contributed by atoms with Crippen LogP contribution in [-0.2, 0) is 9.59 Å². The Bertz CT molecular complexity index is 574. The van der Waals surface area contributed by atoms with Crippen molar-refractivity contribution in [3.8, 4) is 0 Å². The zero-order valence-electron chi connectivity index (χ0n) is 12.7. The van der Waals surface area contributed by atoms with E-state index in [0.717, 1.165) is 10.8 Å². The topological polar surface area (TPSA) is 98.0 Å². The van der Waals surface area contributed by atoms with Crippen LogP contribution in [0.5, 0.6) is 0 Å². The third-order valence-electron chi connectivity index (χ3n) is 3.21. The van der Waals surface area contributed by atoms with Crippen LogP contribution in [0.25, 0.3) is 0 Å². The Morgan fingerprint density at radius 3 is 2.61 bits per heavy atom. The molecule has 1 aliphatic carbocycles. The van der Waals surface area contributed by atoms with Gasteiger partial charge in [-0.25, -0.2) is 0 Å². The first kappa shape index (κ1) is 18.3. The summed E-state index contributed by atoms with van der Waals surface area (Å²) in [4.78, 5) is 22.5. The summed E-state index contributed by atoms with van der Waals surface area (Å²) >= 11 is 3.99. The van der Waals surface area contributed by atoms with Crippen LogP contribution in [0.4, 0.5) is 0 Å². The summed E-state index contributed by atoms with van der Waals surface area (Å²) in [5.74, 6) is 0.142. The molecule has 2 rings (SSSR count). The number of carbonyl (C=O) groups is 2. The minimum absolute atomic E-state index is 0.00736. The molecular formula is C14H20N4O2S3. The molecule has 1 heterocycles. The van der Waals surface area contributed by atoms with E-state index in [2.05, 4.69) is 21.6 Å². The Morgan fingerprint density at radius 2 is 1.96 bits per heavy atom. The number of rotatable bonds is 9. The number of primary amides is 1. The van der Waals surface area contributed by atoms with E-state index >= 15 is 0 Å². The Kier molecular flexibility index (Phi) is 7.90. The SMILES string of the molecule is NC(=O)CSc1nnc(SCC(=O)NCCC2=CCCCC2)s1. The van der Waals surface area contributed by atoms with E-state index < -0.39 is 0 Å². The number of allylic oxidation sites excluding steroid dienone is 1. The van der Waals surface area contributed by atoms with E-state index in [9.17, 15) is 9.59 Å². The van der Waals surface area contributed by atoms with E-state index in [1.54, 1.807) is 0 Å². The first-order valence-corrected chi connectivity index (χ1v) is 10.2. The molecule has 0 radical (unpaired) electrons.